The van der Waals surface area contributed by atoms with Crippen molar-refractivity contribution in [2.75, 3.05) is 32.1 Å². The van der Waals surface area contributed by atoms with Crippen LogP contribution in [-0.2, 0) is 11.3 Å². The SMILES string of the molecule is CNc1ncnc2c1ncn2[C@H]1CN(Cc2ccccc2)C[C@@H](CO)O1. The Morgan fingerprint density at radius 2 is 2.04 bits per heavy atom. The first-order valence-corrected chi connectivity index (χ1v) is 8.66. The molecule has 1 aromatic carbocycles. The number of aliphatic hydroxyl groups is 1. The van der Waals surface area contributed by atoms with Gasteiger partial charge >= 0.3 is 0 Å². The Morgan fingerprint density at radius 3 is 2.81 bits per heavy atom. The molecule has 2 atom stereocenters. The molecule has 0 aliphatic carbocycles. The molecule has 8 heteroatoms. The van der Waals surface area contributed by atoms with Crippen LogP contribution in [0.4, 0.5) is 5.82 Å². The smallest absolute Gasteiger partial charge is 0.167 e. The molecule has 1 aliphatic heterocycles. The molecular formula is C18H22N6O2. The summed E-state index contributed by atoms with van der Waals surface area (Å²) in [5, 5.41) is 12.7. The van der Waals surface area contributed by atoms with E-state index in [0.717, 1.165) is 6.54 Å². The minimum Gasteiger partial charge on any atom is -0.394 e. The quantitative estimate of drug-likeness (QED) is 0.713. The van der Waals surface area contributed by atoms with Gasteiger partial charge in [0.1, 0.15) is 18.1 Å². The highest BCUT2D eigenvalue weighted by Gasteiger charge is 2.30. The third kappa shape index (κ3) is 3.26. The van der Waals surface area contributed by atoms with E-state index in [1.807, 2.05) is 22.8 Å². The summed E-state index contributed by atoms with van der Waals surface area (Å²) >= 11 is 0. The number of aliphatic hydroxyl groups excluding tert-OH is 1. The molecule has 0 radical (unpaired) electrons. The van der Waals surface area contributed by atoms with Gasteiger partial charge in [-0.2, -0.15) is 0 Å². The van der Waals surface area contributed by atoms with Gasteiger partial charge in [-0.25, -0.2) is 15.0 Å². The van der Waals surface area contributed by atoms with Gasteiger partial charge in [0.05, 0.1) is 19.0 Å². The number of hydrogen-bond donors (Lipinski definition) is 2. The Hall–Kier alpha value is -2.55. The van der Waals surface area contributed by atoms with E-state index in [1.165, 1.54) is 11.9 Å². The average Bonchev–Trinajstić information content (AvgIpc) is 3.12. The summed E-state index contributed by atoms with van der Waals surface area (Å²) in [6, 6.07) is 10.3. The van der Waals surface area contributed by atoms with Crippen molar-refractivity contribution in [3.05, 3.63) is 48.5 Å². The Balaban J connectivity index is 1.61. The predicted molar refractivity (Wildman–Crippen MR) is 97.6 cm³/mol. The zero-order valence-electron chi connectivity index (χ0n) is 14.6. The van der Waals surface area contributed by atoms with E-state index in [1.54, 1.807) is 13.4 Å². The number of anilines is 1. The number of aromatic nitrogens is 4. The molecule has 0 unspecified atom stereocenters. The minimum absolute atomic E-state index is 0.0226. The van der Waals surface area contributed by atoms with E-state index in [4.69, 9.17) is 4.74 Å². The highest BCUT2D eigenvalue weighted by atomic mass is 16.5. The van der Waals surface area contributed by atoms with Gasteiger partial charge in [-0.1, -0.05) is 30.3 Å². The second kappa shape index (κ2) is 7.36. The maximum atomic E-state index is 9.67. The fourth-order valence-corrected chi connectivity index (χ4v) is 3.36. The van der Waals surface area contributed by atoms with Crippen molar-refractivity contribution in [2.45, 2.75) is 18.9 Å². The summed E-state index contributed by atoms with van der Waals surface area (Å²) in [6.45, 7) is 2.16. The summed E-state index contributed by atoms with van der Waals surface area (Å²) in [4.78, 5) is 15.3. The van der Waals surface area contributed by atoms with Crippen molar-refractivity contribution in [3.63, 3.8) is 0 Å². The first-order chi connectivity index (χ1) is 12.8. The van der Waals surface area contributed by atoms with Crippen LogP contribution in [0.3, 0.4) is 0 Å². The molecular weight excluding hydrogens is 332 g/mol. The maximum absolute atomic E-state index is 9.67. The number of benzene rings is 1. The third-order valence-corrected chi connectivity index (χ3v) is 4.58. The van der Waals surface area contributed by atoms with Gasteiger partial charge < -0.3 is 15.2 Å². The Kier molecular flexibility index (Phi) is 4.79. The average molecular weight is 354 g/mol. The minimum atomic E-state index is -0.269. The second-order valence-electron chi connectivity index (χ2n) is 6.37. The molecule has 0 saturated carbocycles. The van der Waals surface area contributed by atoms with Crippen molar-refractivity contribution >= 4 is 17.0 Å². The first-order valence-electron chi connectivity index (χ1n) is 8.66. The molecule has 1 aliphatic rings. The lowest BCUT2D eigenvalue weighted by Gasteiger charge is -2.37. The van der Waals surface area contributed by atoms with Gasteiger partial charge in [-0.15, -0.1) is 0 Å². The Morgan fingerprint density at radius 1 is 1.19 bits per heavy atom. The normalized spacial score (nSPS) is 21.2. The van der Waals surface area contributed by atoms with Crippen LogP contribution < -0.4 is 5.32 Å². The van der Waals surface area contributed by atoms with Gasteiger partial charge in [0.2, 0.25) is 0 Å². The molecule has 3 aromatic rings. The van der Waals surface area contributed by atoms with E-state index in [9.17, 15) is 5.11 Å². The number of nitrogens with one attached hydrogen (secondary N) is 1. The molecule has 8 nitrogen and oxygen atoms in total. The highest BCUT2D eigenvalue weighted by Crippen LogP contribution is 2.26. The lowest BCUT2D eigenvalue weighted by atomic mass is 10.2. The molecule has 136 valence electrons. The summed E-state index contributed by atoms with van der Waals surface area (Å²) in [5.74, 6) is 0.685. The molecule has 1 saturated heterocycles. The van der Waals surface area contributed by atoms with Crippen LogP contribution in [0, 0.1) is 0 Å². The van der Waals surface area contributed by atoms with Crippen molar-refractivity contribution in [2.24, 2.45) is 0 Å². The first kappa shape index (κ1) is 16.9. The molecule has 0 amide bonds. The number of nitrogens with zero attached hydrogens (tertiary/aromatic N) is 5. The summed E-state index contributed by atoms with van der Waals surface area (Å²) in [6.07, 6.45) is 2.72. The van der Waals surface area contributed by atoms with Gasteiger partial charge in [-0.05, 0) is 5.56 Å². The van der Waals surface area contributed by atoms with Crippen molar-refractivity contribution in [1.29, 1.82) is 0 Å². The van der Waals surface area contributed by atoms with E-state index in [2.05, 4.69) is 37.3 Å². The van der Waals surface area contributed by atoms with Crippen LogP contribution in [0.2, 0.25) is 0 Å². The number of imidazole rings is 1. The fourth-order valence-electron chi connectivity index (χ4n) is 3.36. The lowest BCUT2D eigenvalue weighted by molar-refractivity contribution is -0.135. The van der Waals surface area contributed by atoms with E-state index in [0.29, 0.717) is 30.1 Å². The van der Waals surface area contributed by atoms with Crippen molar-refractivity contribution in [3.8, 4) is 0 Å². The molecule has 4 rings (SSSR count). The summed E-state index contributed by atoms with van der Waals surface area (Å²) in [7, 11) is 1.81. The number of hydrogen-bond acceptors (Lipinski definition) is 7. The Labute approximate surface area is 151 Å². The van der Waals surface area contributed by atoms with Crippen LogP contribution >= 0.6 is 0 Å². The molecule has 2 N–H and O–H groups in total. The lowest BCUT2D eigenvalue weighted by Crippen LogP contribution is -2.46. The van der Waals surface area contributed by atoms with Crippen LogP contribution in [0.5, 0.6) is 0 Å². The largest absolute Gasteiger partial charge is 0.394 e. The zero-order valence-corrected chi connectivity index (χ0v) is 14.6. The van der Waals surface area contributed by atoms with Gasteiger partial charge in [-0.3, -0.25) is 9.47 Å². The van der Waals surface area contributed by atoms with Gasteiger partial charge in [0.15, 0.2) is 11.5 Å². The third-order valence-electron chi connectivity index (χ3n) is 4.58. The van der Waals surface area contributed by atoms with E-state index < -0.39 is 0 Å². The topological polar surface area (TPSA) is 88.3 Å². The zero-order chi connectivity index (χ0) is 17.9. The van der Waals surface area contributed by atoms with Crippen LogP contribution in [0.25, 0.3) is 11.2 Å². The maximum Gasteiger partial charge on any atom is 0.167 e. The molecule has 2 aromatic heterocycles. The molecule has 0 spiro atoms. The van der Waals surface area contributed by atoms with Crippen LogP contribution in [-0.4, -0.2) is 62.4 Å². The number of ether oxygens (including phenoxy) is 1. The molecule has 3 heterocycles. The highest BCUT2D eigenvalue weighted by molar-refractivity contribution is 5.82. The monoisotopic (exact) mass is 354 g/mol. The van der Waals surface area contributed by atoms with E-state index >= 15 is 0 Å². The van der Waals surface area contributed by atoms with Crippen molar-refractivity contribution < 1.29 is 9.84 Å². The standard InChI is InChI=1S/C18H22N6O2/c1-19-17-16-18(21-11-20-17)24(12-22-16)15-9-23(8-14(10-25)26-15)7-13-5-3-2-4-6-13/h2-6,11-12,14-15,25H,7-10H2,1H3,(H,19,20,21)/t14-,15+/m0/s1. The molecule has 26 heavy (non-hydrogen) atoms. The predicted octanol–water partition coefficient (Wildman–Crippen LogP) is 1.26. The number of fused-ring (bicyclic) bond motifs is 1. The van der Waals surface area contributed by atoms with Crippen LogP contribution in [0.1, 0.15) is 11.8 Å². The van der Waals surface area contributed by atoms with Crippen molar-refractivity contribution in [1.82, 2.24) is 24.4 Å². The van der Waals surface area contributed by atoms with Gasteiger partial charge in [0, 0.05) is 26.7 Å². The second-order valence-corrected chi connectivity index (χ2v) is 6.37. The van der Waals surface area contributed by atoms with E-state index in [-0.39, 0.29) is 18.9 Å². The summed E-state index contributed by atoms with van der Waals surface area (Å²) in [5.41, 5.74) is 2.66. The number of rotatable bonds is 5. The molecule has 1 fully saturated rings. The van der Waals surface area contributed by atoms with Gasteiger partial charge in [0.25, 0.3) is 0 Å². The fraction of sp³-hybridized carbons (Fsp3) is 0.389. The molecule has 0 bridgehead atoms. The number of morpholine rings is 1. The van der Waals surface area contributed by atoms with Crippen LogP contribution in [0.15, 0.2) is 43.0 Å². The Bertz CT molecular complexity index is 869. The summed E-state index contributed by atoms with van der Waals surface area (Å²) < 4.78 is 7.99.